The van der Waals surface area contributed by atoms with Crippen molar-refractivity contribution in [3.63, 3.8) is 0 Å². The number of aromatic nitrogens is 3. The molecule has 1 saturated heterocycles. The quantitative estimate of drug-likeness (QED) is 0.584. The van der Waals surface area contributed by atoms with Crippen molar-refractivity contribution in [3.05, 3.63) is 23.2 Å². The Hall–Kier alpha value is -2.43. The molecule has 0 aliphatic carbocycles. The molecule has 2 aromatic heterocycles. The Labute approximate surface area is 175 Å². The third-order valence-corrected chi connectivity index (χ3v) is 6.65. The van der Waals surface area contributed by atoms with Crippen molar-refractivity contribution < 1.29 is 19.0 Å². The first-order chi connectivity index (χ1) is 14.2. The third-order valence-electron chi connectivity index (χ3n) is 4.73. The van der Waals surface area contributed by atoms with E-state index in [0.29, 0.717) is 42.8 Å². The summed E-state index contributed by atoms with van der Waals surface area (Å²) in [6.07, 6.45) is 0. The molecular weight excluding hydrogens is 412 g/mol. The zero-order valence-electron chi connectivity index (χ0n) is 15.7. The summed E-state index contributed by atoms with van der Waals surface area (Å²) in [6.45, 7) is 4.65. The van der Waals surface area contributed by atoms with Crippen molar-refractivity contribution in [1.82, 2.24) is 20.1 Å². The van der Waals surface area contributed by atoms with Gasteiger partial charge in [-0.2, -0.15) is 0 Å². The van der Waals surface area contributed by atoms with Crippen LogP contribution in [-0.4, -0.2) is 64.8 Å². The highest BCUT2D eigenvalue weighted by molar-refractivity contribution is 8.00. The summed E-state index contributed by atoms with van der Waals surface area (Å²) in [7, 11) is 0. The van der Waals surface area contributed by atoms with Crippen molar-refractivity contribution in [1.29, 1.82) is 0 Å². The molecule has 8 nitrogen and oxygen atoms in total. The largest absolute Gasteiger partial charge is 0.454 e. The lowest BCUT2D eigenvalue weighted by Gasteiger charge is -2.26. The third kappa shape index (κ3) is 3.63. The van der Waals surface area contributed by atoms with Crippen molar-refractivity contribution in [3.8, 4) is 22.8 Å². The van der Waals surface area contributed by atoms with Gasteiger partial charge in [0.1, 0.15) is 16.2 Å². The molecule has 0 radical (unpaired) electrons. The van der Waals surface area contributed by atoms with E-state index in [1.807, 2.05) is 30.0 Å². The number of thioether (sulfide) groups is 1. The molecule has 0 N–H and O–H groups in total. The highest BCUT2D eigenvalue weighted by atomic mass is 32.2. The molecule has 5 rings (SSSR count). The predicted molar refractivity (Wildman–Crippen MR) is 110 cm³/mol. The summed E-state index contributed by atoms with van der Waals surface area (Å²) in [6, 6.07) is 5.74. The van der Waals surface area contributed by atoms with Crippen LogP contribution in [0.5, 0.6) is 11.5 Å². The maximum absolute atomic E-state index is 12.5. The van der Waals surface area contributed by atoms with E-state index >= 15 is 0 Å². The monoisotopic (exact) mass is 430 g/mol. The summed E-state index contributed by atoms with van der Waals surface area (Å²) < 4.78 is 17.1. The number of rotatable bonds is 4. The second-order valence-corrected chi connectivity index (χ2v) is 8.78. The fourth-order valence-electron chi connectivity index (χ4n) is 3.28. The molecule has 3 aromatic rings. The Morgan fingerprint density at radius 3 is 2.90 bits per heavy atom. The van der Waals surface area contributed by atoms with Crippen LogP contribution in [0.3, 0.4) is 0 Å². The smallest absolute Gasteiger partial charge is 0.233 e. The summed E-state index contributed by atoms with van der Waals surface area (Å²) in [5, 5.41) is 10.5. The summed E-state index contributed by atoms with van der Waals surface area (Å²) in [4.78, 5) is 19.0. The van der Waals surface area contributed by atoms with Crippen LogP contribution in [-0.2, 0) is 9.53 Å². The number of carbonyl (C=O) groups excluding carboxylic acids is 1. The van der Waals surface area contributed by atoms with Crippen LogP contribution in [0.2, 0.25) is 0 Å². The maximum atomic E-state index is 12.5. The second-order valence-electron chi connectivity index (χ2n) is 6.61. The number of fused-ring (bicyclic) bond motifs is 2. The molecule has 2 aliphatic rings. The van der Waals surface area contributed by atoms with Crippen LogP contribution in [0, 0.1) is 6.92 Å². The molecule has 0 unspecified atom stereocenters. The van der Waals surface area contributed by atoms with Crippen molar-refractivity contribution in [2.75, 3.05) is 38.8 Å². The van der Waals surface area contributed by atoms with Gasteiger partial charge in [-0.3, -0.25) is 4.79 Å². The highest BCUT2D eigenvalue weighted by Gasteiger charge is 2.21. The molecule has 4 heterocycles. The number of ether oxygens (including phenoxy) is 3. The lowest BCUT2D eigenvalue weighted by molar-refractivity contribution is -0.132. The number of aryl methyl sites for hydroxylation is 1. The number of hydrogen-bond acceptors (Lipinski definition) is 9. The van der Waals surface area contributed by atoms with Gasteiger partial charge in [-0.05, 0) is 25.1 Å². The average Bonchev–Trinajstić information content (AvgIpc) is 3.37. The molecule has 0 bridgehead atoms. The molecule has 0 saturated carbocycles. The van der Waals surface area contributed by atoms with E-state index in [1.165, 1.54) is 11.8 Å². The molecular formula is C19H18N4O4S2. The topological polar surface area (TPSA) is 86.7 Å². The van der Waals surface area contributed by atoms with E-state index in [2.05, 4.69) is 15.2 Å². The minimum atomic E-state index is 0.0834. The van der Waals surface area contributed by atoms with Crippen LogP contribution in [0.1, 0.15) is 5.01 Å². The first kappa shape index (κ1) is 18.6. The normalized spacial score (nSPS) is 15.8. The van der Waals surface area contributed by atoms with Crippen molar-refractivity contribution in [2.45, 2.75) is 11.9 Å². The van der Waals surface area contributed by atoms with E-state index in [9.17, 15) is 4.79 Å². The Morgan fingerprint density at radius 1 is 1.21 bits per heavy atom. The van der Waals surface area contributed by atoms with Gasteiger partial charge < -0.3 is 19.1 Å². The van der Waals surface area contributed by atoms with Crippen LogP contribution in [0.4, 0.5) is 0 Å². The van der Waals surface area contributed by atoms with Crippen molar-refractivity contribution in [2.24, 2.45) is 0 Å². The van der Waals surface area contributed by atoms with Gasteiger partial charge in [-0.15, -0.1) is 21.5 Å². The summed E-state index contributed by atoms with van der Waals surface area (Å²) >= 11 is 2.96. The summed E-state index contributed by atoms with van der Waals surface area (Å²) in [5.74, 6) is 1.82. The van der Waals surface area contributed by atoms with Gasteiger partial charge in [0.25, 0.3) is 0 Å². The standard InChI is InChI=1S/C19H18N4O4S2/c1-11-20-17-18(29-11)16(12-2-3-13-14(8-12)27-10-26-13)21-22-19(17)28-9-15(24)23-4-6-25-7-5-23/h2-3,8H,4-7,9-10H2,1H3. The number of morpholine rings is 1. The van der Waals surface area contributed by atoms with Gasteiger partial charge in [0, 0.05) is 18.7 Å². The minimum absolute atomic E-state index is 0.0834. The lowest BCUT2D eigenvalue weighted by Crippen LogP contribution is -2.41. The van der Waals surface area contributed by atoms with Gasteiger partial charge in [0.2, 0.25) is 12.7 Å². The molecule has 29 heavy (non-hydrogen) atoms. The first-order valence-corrected chi connectivity index (χ1v) is 11.0. The molecule has 1 aromatic carbocycles. The Kier molecular flexibility index (Phi) is 4.98. The van der Waals surface area contributed by atoms with Gasteiger partial charge in [0.15, 0.2) is 11.5 Å². The van der Waals surface area contributed by atoms with Gasteiger partial charge >= 0.3 is 0 Å². The highest BCUT2D eigenvalue weighted by Crippen LogP contribution is 2.39. The fourth-order valence-corrected chi connectivity index (χ4v) is 5.10. The second kappa shape index (κ2) is 7.77. The molecule has 10 heteroatoms. The molecule has 150 valence electrons. The fraction of sp³-hybridized carbons (Fsp3) is 0.368. The summed E-state index contributed by atoms with van der Waals surface area (Å²) in [5.41, 5.74) is 2.44. The zero-order chi connectivity index (χ0) is 19.8. The molecule has 1 fully saturated rings. The molecule has 1 amide bonds. The maximum Gasteiger partial charge on any atom is 0.233 e. The van der Waals surface area contributed by atoms with Crippen LogP contribution in [0.15, 0.2) is 23.2 Å². The Balaban J connectivity index is 1.43. The van der Waals surface area contributed by atoms with Crippen LogP contribution in [0.25, 0.3) is 21.5 Å². The number of nitrogens with zero attached hydrogens (tertiary/aromatic N) is 4. The van der Waals surface area contributed by atoms with Gasteiger partial charge in [0.05, 0.1) is 28.7 Å². The first-order valence-electron chi connectivity index (χ1n) is 9.21. The zero-order valence-corrected chi connectivity index (χ0v) is 17.3. The molecule has 0 atom stereocenters. The van der Waals surface area contributed by atoms with E-state index < -0.39 is 0 Å². The lowest BCUT2D eigenvalue weighted by atomic mass is 10.1. The van der Waals surface area contributed by atoms with E-state index in [1.54, 1.807) is 11.3 Å². The predicted octanol–water partition coefficient (Wildman–Crippen LogP) is 2.74. The molecule has 0 spiro atoms. The number of benzene rings is 1. The number of amides is 1. The van der Waals surface area contributed by atoms with Crippen molar-refractivity contribution >= 4 is 39.2 Å². The van der Waals surface area contributed by atoms with Gasteiger partial charge in [-0.1, -0.05) is 11.8 Å². The average molecular weight is 431 g/mol. The van der Waals surface area contributed by atoms with Crippen LogP contribution < -0.4 is 9.47 Å². The minimum Gasteiger partial charge on any atom is -0.454 e. The Bertz CT molecular complexity index is 1080. The SMILES string of the molecule is Cc1nc2c(SCC(=O)N3CCOCC3)nnc(-c3ccc4c(c3)OCO4)c2s1. The van der Waals surface area contributed by atoms with E-state index in [4.69, 9.17) is 14.2 Å². The van der Waals surface area contributed by atoms with E-state index in [0.717, 1.165) is 32.2 Å². The number of thiazole rings is 1. The number of hydrogen-bond donors (Lipinski definition) is 0. The molecule has 2 aliphatic heterocycles. The van der Waals surface area contributed by atoms with E-state index in [-0.39, 0.29) is 12.7 Å². The Morgan fingerprint density at radius 2 is 2.03 bits per heavy atom. The van der Waals surface area contributed by atoms with Gasteiger partial charge in [-0.25, -0.2) is 4.98 Å². The number of carbonyl (C=O) groups is 1. The van der Waals surface area contributed by atoms with Crippen LogP contribution >= 0.6 is 23.1 Å².